The highest BCUT2D eigenvalue weighted by Crippen LogP contribution is 2.23. The Kier molecular flexibility index (Phi) is 4.99. The van der Waals surface area contributed by atoms with Crippen LogP contribution in [0.4, 0.5) is 10.1 Å². The fraction of sp³-hybridized carbons (Fsp3) is 0. The van der Waals surface area contributed by atoms with Gasteiger partial charge in [-0.3, -0.25) is 4.79 Å². The first kappa shape index (κ1) is 18.1. The van der Waals surface area contributed by atoms with Gasteiger partial charge in [0.1, 0.15) is 5.82 Å². The van der Waals surface area contributed by atoms with E-state index < -0.39 is 11.7 Å². The molecule has 1 amide bonds. The van der Waals surface area contributed by atoms with Gasteiger partial charge in [-0.1, -0.05) is 58.4 Å². The molecule has 0 aliphatic heterocycles. The van der Waals surface area contributed by atoms with Crippen LogP contribution < -0.4 is 5.32 Å². The van der Waals surface area contributed by atoms with Gasteiger partial charge in [0.15, 0.2) is 5.82 Å². The van der Waals surface area contributed by atoms with E-state index in [0.717, 1.165) is 15.7 Å². The van der Waals surface area contributed by atoms with Crippen molar-refractivity contribution in [2.75, 3.05) is 5.32 Å². The van der Waals surface area contributed by atoms with Crippen molar-refractivity contribution in [3.63, 3.8) is 0 Å². The third kappa shape index (κ3) is 3.70. The highest BCUT2D eigenvalue weighted by atomic mass is 79.9. The number of carbonyl (C=O) groups is 1. The summed E-state index contributed by atoms with van der Waals surface area (Å²) in [7, 11) is 0. The van der Waals surface area contributed by atoms with Crippen molar-refractivity contribution in [2.24, 2.45) is 0 Å². The number of anilines is 1. The quantitative estimate of drug-likeness (QED) is 0.484. The Morgan fingerprint density at radius 1 is 0.929 bits per heavy atom. The van der Waals surface area contributed by atoms with Crippen LogP contribution in [0.25, 0.3) is 17.1 Å². The third-order valence-corrected chi connectivity index (χ3v) is 4.56. The lowest BCUT2D eigenvalue weighted by Gasteiger charge is -2.05. The van der Waals surface area contributed by atoms with Gasteiger partial charge in [0.25, 0.3) is 5.91 Å². The van der Waals surface area contributed by atoms with E-state index in [4.69, 9.17) is 0 Å². The lowest BCUT2D eigenvalue weighted by molar-refractivity contribution is 0.101. The second-order valence-corrected chi connectivity index (χ2v) is 6.86. The van der Waals surface area contributed by atoms with Gasteiger partial charge in [-0.05, 0) is 36.4 Å². The number of benzene rings is 3. The number of hydrogen-bond acceptors (Lipinski definition) is 3. The molecule has 0 aliphatic carbocycles. The highest BCUT2D eigenvalue weighted by Gasteiger charge is 2.19. The van der Waals surface area contributed by atoms with E-state index >= 15 is 0 Å². The SMILES string of the molecule is O=C(Nc1ccccc1F)c1nc(-c2ccccc2)n(-c2ccc(Br)cc2)n1. The zero-order valence-electron chi connectivity index (χ0n) is 14.5. The smallest absolute Gasteiger partial charge is 0.295 e. The zero-order chi connectivity index (χ0) is 19.5. The van der Waals surface area contributed by atoms with E-state index in [0.29, 0.717) is 5.82 Å². The first-order valence-electron chi connectivity index (χ1n) is 8.46. The minimum atomic E-state index is -0.585. The first-order valence-corrected chi connectivity index (χ1v) is 9.25. The molecule has 7 heteroatoms. The molecule has 3 aromatic carbocycles. The minimum Gasteiger partial charge on any atom is -0.317 e. The van der Waals surface area contributed by atoms with E-state index in [1.807, 2.05) is 54.6 Å². The Bertz CT molecular complexity index is 1130. The number of nitrogens with zero attached hydrogens (tertiary/aromatic N) is 3. The molecule has 5 nitrogen and oxygen atoms in total. The number of hydrogen-bond donors (Lipinski definition) is 1. The zero-order valence-corrected chi connectivity index (χ0v) is 16.1. The Hall–Kier alpha value is -3.32. The summed E-state index contributed by atoms with van der Waals surface area (Å²) in [6.07, 6.45) is 0. The van der Waals surface area contributed by atoms with Crippen LogP contribution in [0.15, 0.2) is 83.3 Å². The largest absolute Gasteiger partial charge is 0.317 e. The number of aromatic nitrogens is 3. The second kappa shape index (κ2) is 7.74. The molecular weight excluding hydrogens is 423 g/mol. The molecule has 0 radical (unpaired) electrons. The van der Waals surface area contributed by atoms with Crippen molar-refractivity contribution in [1.82, 2.24) is 14.8 Å². The van der Waals surface area contributed by atoms with Crippen LogP contribution in [-0.4, -0.2) is 20.7 Å². The molecule has 4 aromatic rings. The second-order valence-electron chi connectivity index (χ2n) is 5.95. The van der Waals surface area contributed by atoms with Gasteiger partial charge >= 0.3 is 0 Å². The fourth-order valence-electron chi connectivity index (χ4n) is 2.69. The molecule has 0 fully saturated rings. The topological polar surface area (TPSA) is 59.8 Å². The number of rotatable bonds is 4. The van der Waals surface area contributed by atoms with E-state index in [1.54, 1.807) is 16.8 Å². The minimum absolute atomic E-state index is 0.0509. The van der Waals surface area contributed by atoms with Crippen LogP contribution in [0.1, 0.15) is 10.6 Å². The summed E-state index contributed by atoms with van der Waals surface area (Å²) in [6, 6.07) is 22.9. The molecule has 0 saturated heterocycles. The Morgan fingerprint density at radius 3 is 2.32 bits per heavy atom. The van der Waals surface area contributed by atoms with Crippen molar-refractivity contribution in [2.45, 2.75) is 0 Å². The van der Waals surface area contributed by atoms with Gasteiger partial charge in [-0.15, -0.1) is 5.10 Å². The normalized spacial score (nSPS) is 10.6. The predicted molar refractivity (Wildman–Crippen MR) is 109 cm³/mol. The van der Waals surface area contributed by atoms with E-state index in [2.05, 4.69) is 31.3 Å². The van der Waals surface area contributed by atoms with Crippen molar-refractivity contribution in [1.29, 1.82) is 0 Å². The van der Waals surface area contributed by atoms with Gasteiger partial charge in [0.2, 0.25) is 5.82 Å². The van der Waals surface area contributed by atoms with E-state index in [9.17, 15) is 9.18 Å². The molecule has 0 bridgehead atoms. The van der Waals surface area contributed by atoms with Gasteiger partial charge in [-0.2, -0.15) is 0 Å². The maximum Gasteiger partial charge on any atom is 0.295 e. The van der Waals surface area contributed by atoms with Crippen LogP contribution in [0, 0.1) is 5.82 Å². The van der Waals surface area contributed by atoms with Crippen molar-refractivity contribution < 1.29 is 9.18 Å². The molecule has 0 saturated carbocycles. The molecule has 28 heavy (non-hydrogen) atoms. The summed E-state index contributed by atoms with van der Waals surface area (Å²) in [4.78, 5) is 17.0. The molecule has 4 rings (SSSR count). The number of para-hydroxylation sites is 1. The molecule has 1 aromatic heterocycles. The Labute approximate surface area is 169 Å². The van der Waals surface area contributed by atoms with Crippen molar-refractivity contribution >= 4 is 27.5 Å². The summed E-state index contributed by atoms with van der Waals surface area (Å²) in [6.45, 7) is 0. The number of halogens is 2. The molecular formula is C21H14BrFN4O. The Morgan fingerprint density at radius 2 is 1.61 bits per heavy atom. The van der Waals surface area contributed by atoms with Crippen LogP contribution >= 0.6 is 15.9 Å². The van der Waals surface area contributed by atoms with Crippen LogP contribution in [0.5, 0.6) is 0 Å². The van der Waals surface area contributed by atoms with Crippen LogP contribution in [0.2, 0.25) is 0 Å². The van der Waals surface area contributed by atoms with Gasteiger partial charge < -0.3 is 5.32 Å². The summed E-state index contributed by atoms with van der Waals surface area (Å²) >= 11 is 3.41. The average Bonchev–Trinajstić information content (AvgIpc) is 3.16. The average molecular weight is 437 g/mol. The maximum absolute atomic E-state index is 13.9. The molecule has 1 N–H and O–H groups in total. The summed E-state index contributed by atoms with van der Waals surface area (Å²) in [5.74, 6) is -0.642. The molecule has 0 aliphatic rings. The fourth-order valence-corrected chi connectivity index (χ4v) is 2.95. The molecule has 1 heterocycles. The maximum atomic E-state index is 13.9. The van der Waals surface area contributed by atoms with Crippen molar-refractivity contribution in [3.8, 4) is 17.1 Å². The highest BCUT2D eigenvalue weighted by molar-refractivity contribution is 9.10. The third-order valence-electron chi connectivity index (χ3n) is 4.04. The standard InChI is InChI=1S/C21H14BrFN4O/c22-15-10-12-16(13-11-15)27-20(14-6-2-1-3-7-14)25-19(26-27)21(28)24-18-9-5-4-8-17(18)23/h1-13H,(H,24,28). The first-order chi connectivity index (χ1) is 13.6. The number of carbonyl (C=O) groups excluding carboxylic acids is 1. The van der Waals surface area contributed by atoms with E-state index in [1.165, 1.54) is 12.1 Å². The summed E-state index contributed by atoms with van der Waals surface area (Å²) in [5, 5.41) is 6.89. The molecule has 0 spiro atoms. The number of nitrogens with one attached hydrogen (secondary N) is 1. The predicted octanol–water partition coefficient (Wildman–Crippen LogP) is 5.09. The lowest BCUT2D eigenvalue weighted by atomic mass is 10.2. The van der Waals surface area contributed by atoms with Crippen molar-refractivity contribution in [3.05, 3.63) is 95.0 Å². The summed E-state index contributed by atoms with van der Waals surface area (Å²) in [5.41, 5.74) is 1.64. The molecule has 0 unspecified atom stereocenters. The Balaban J connectivity index is 1.76. The number of amides is 1. The van der Waals surface area contributed by atoms with Gasteiger partial charge in [0, 0.05) is 10.0 Å². The molecule has 0 atom stereocenters. The van der Waals surface area contributed by atoms with E-state index in [-0.39, 0.29) is 11.5 Å². The van der Waals surface area contributed by atoms with Crippen LogP contribution in [-0.2, 0) is 0 Å². The monoisotopic (exact) mass is 436 g/mol. The van der Waals surface area contributed by atoms with Gasteiger partial charge in [-0.25, -0.2) is 14.1 Å². The van der Waals surface area contributed by atoms with Crippen LogP contribution in [0.3, 0.4) is 0 Å². The van der Waals surface area contributed by atoms with Gasteiger partial charge in [0.05, 0.1) is 11.4 Å². The lowest BCUT2D eigenvalue weighted by Crippen LogP contribution is -2.15. The molecule has 138 valence electrons. The summed E-state index contributed by atoms with van der Waals surface area (Å²) < 4.78 is 16.4.